The molecule has 3 unspecified atom stereocenters. The van der Waals surface area contributed by atoms with Gasteiger partial charge in [0.05, 0.1) is 0 Å². The van der Waals surface area contributed by atoms with E-state index in [9.17, 15) is 9.59 Å². The number of ether oxygens (including phenoxy) is 2. The fourth-order valence-electron chi connectivity index (χ4n) is 2.89. The number of aliphatic imine (C=N–C) groups is 1. The smallest absolute Gasteiger partial charge is 0.345 e. The van der Waals surface area contributed by atoms with Crippen LogP contribution < -0.4 is 4.74 Å². The number of thioether (sulfide) groups is 1. The van der Waals surface area contributed by atoms with Crippen LogP contribution in [-0.4, -0.2) is 45.3 Å². The fourth-order valence-corrected chi connectivity index (χ4v) is 4.48. The van der Waals surface area contributed by atoms with Gasteiger partial charge in [-0.2, -0.15) is 0 Å². The zero-order chi connectivity index (χ0) is 19.5. The van der Waals surface area contributed by atoms with E-state index in [0.29, 0.717) is 12.3 Å². The predicted octanol–water partition coefficient (Wildman–Crippen LogP) is 3.06. The number of carbonyl (C=O) groups excluding carboxylic acids is 2. The first-order chi connectivity index (χ1) is 13.6. The first-order valence-electron chi connectivity index (χ1n) is 8.72. The van der Waals surface area contributed by atoms with Crippen molar-refractivity contribution in [3.8, 4) is 5.75 Å². The summed E-state index contributed by atoms with van der Waals surface area (Å²) >= 11 is 7.65. The summed E-state index contributed by atoms with van der Waals surface area (Å²) in [6.07, 6.45) is 0. The minimum atomic E-state index is -1.18. The fraction of sp³-hybridized carbons (Fsp3) is 0.250. The molecule has 2 aromatic rings. The van der Waals surface area contributed by atoms with Gasteiger partial charge in [-0.1, -0.05) is 71.9 Å². The molecule has 4 rings (SSSR count). The average Bonchev–Trinajstić information content (AvgIpc) is 3.11. The van der Waals surface area contributed by atoms with E-state index < -0.39 is 11.5 Å². The van der Waals surface area contributed by atoms with Gasteiger partial charge in [-0.15, -0.1) is 0 Å². The summed E-state index contributed by atoms with van der Waals surface area (Å²) in [5.74, 6) is -0.246. The molecule has 2 aliphatic rings. The quantitative estimate of drug-likeness (QED) is 0.300. The van der Waals surface area contributed by atoms with Crippen molar-refractivity contribution in [2.75, 3.05) is 6.61 Å². The number of nitrogens with zero attached hydrogens (tertiary/aromatic N) is 2. The highest BCUT2D eigenvalue weighted by atomic mass is 35.5. The summed E-state index contributed by atoms with van der Waals surface area (Å²) < 4.78 is 10.9. The Balaban J connectivity index is 1.30. The number of β-lactam (4-membered cyclic amide) rings is 1. The molecule has 1 fully saturated rings. The van der Waals surface area contributed by atoms with Crippen LogP contribution >= 0.6 is 23.4 Å². The lowest BCUT2D eigenvalue weighted by atomic mass is 10.1. The lowest BCUT2D eigenvalue weighted by Crippen LogP contribution is -2.63. The third-order valence-electron chi connectivity index (χ3n) is 4.31. The van der Waals surface area contributed by atoms with Crippen molar-refractivity contribution in [2.24, 2.45) is 4.99 Å². The highest BCUT2D eigenvalue weighted by Crippen LogP contribution is 2.40. The van der Waals surface area contributed by atoms with Crippen molar-refractivity contribution in [3.05, 3.63) is 66.2 Å². The van der Waals surface area contributed by atoms with Crippen molar-refractivity contribution in [1.29, 1.82) is 0 Å². The van der Waals surface area contributed by atoms with E-state index in [1.54, 1.807) is 0 Å². The maximum Gasteiger partial charge on any atom is 0.345 e. The van der Waals surface area contributed by atoms with Gasteiger partial charge in [-0.05, 0) is 17.7 Å². The molecule has 8 heteroatoms. The van der Waals surface area contributed by atoms with Crippen molar-refractivity contribution in [1.82, 2.24) is 4.90 Å². The van der Waals surface area contributed by atoms with Crippen LogP contribution in [0.1, 0.15) is 5.56 Å². The van der Waals surface area contributed by atoms with Gasteiger partial charge >= 0.3 is 5.97 Å². The Labute approximate surface area is 171 Å². The normalized spacial score (nSPS) is 21.4. The molecule has 0 spiro atoms. The van der Waals surface area contributed by atoms with Gasteiger partial charge < -0.3 is 9.47 Å². The molecule has 0 bridgehead atoms. The van der Waals surface area contributed by atoms with E-state index in [1.165, 1.54) is 16.7 Å². The molecule has 0 saturated carbocycles. The van der Waals surface area contributed by atoms with E-state index in [-0.39, 0.29) is 23.3 Å². The Morgan fingerprint density at radius 3 is 2.54 bits per heavy atom. The lowest BCUT2D eigenvalue weighted by molar-refractivity contribution is -0.152. The number of benzene rings is 2. The highest BCUT2D eigenvalue weighted by molar-refractivity contribution is 8.01. The standard InChI is InChI=1S/C20H17ClN2O4S/c21-17(20(25)27-11-13-7-3-1-4-8-13)23-18(24)16-19(23)28-15(22-16)12-26-14-9-5-2-6-10-14/h1-10,15,17,19H,11-12H2. The average molecular weight is 417 g/mol. The lowest BCUT2D eigenvalue weighted by Gasteiger charge is -2.39. The zero-order valence-electron chi connectivity index (χ0n) is 14.7. The second-order valence-corrected chi connectivity index (χ2v) is 7.90. The molecule has 0 aliphatic carbocycles. The number of para-hydroxylation sites is 1. The van der Waals surface area contributed by atoms with Gasteiger partial charge in [-0.25, -0.2) is 4.79 Å². The van der Waals surface area contributed by atoms with Crippen LogP contribution in [0.25, 0.3) is 0 Å². The maximum absolute atomic E-state index is 12.3. The topological polar surface area (TPSA) is 68.2 Å². The number of fused-ring (bicyclic) bond motifs is 1. The van der Waals surface area contributed by atoms with Gasteiger partial charge in [0.25, 0.3) is 5.91 Å². The first kappa shape index (κ1) is 18.8. The van der Waals surface area contributed by atoms with E-state index >= 15 is 0 Å². The number of rotatable bonds is 7. The summed E-state index contributed by atoms with van der Waals surface area (Å²) in [6, 6.07) is 18.7. The highest BCUT2D eigenvalue weighted by Gasteiger charge is 2.54. The molecule has 144 valence electrons. The van der Waals surface area contributed by atoms with Crippen LogP contribution in [0.5, 0.6) is 5.75 Å². The molecule has 3 atom stereocenters. The summed E-state index contributed by atoms with van der Waals surface area (Å²) in [4.78, 5) is 30.3. The van der Waals surface area contributed by atoms with E-state index in [4.69, 9.17) is 21.1 Å². The Kier molecular flexibility index (Phi) is 5.54. The largest absolute Gasteiger partial charge is 0.490 e. The second kappa shape index (κ2) is 8.24. The number of hydrogen-bond donors (Lipinski definition) is 0. The molecule has 2 heterocycles. The number of halogens is 1. The molecular formula is C20H17ClN2O4S. The maximum atomic E-state index is 12.3. The first-order valence-corrected chi connectivity index (χ1v) is 10.1. The molecule has 1 amide bonds. The summed E-state index contributed by atoms with van der Waals surface area (Å²) in [5.41, 5.74) is 0.0971. The van der Waals surface area contributed by atoms with Crippen molar-refractivity contribution in [2.45, 2.75) is 22.9 Å². The molecule has 1 saturated heterocycles. The van der Waals surface area contributed by atoms with Gasteiger partial charge in [-0.3, -0.25) is 14.7 Å². The van der Waals surface area contributed by atoms with Crippen LogP contribution in [0, 0.1) is 0 Å². The Morgan fingerprint density at radius 1 is 1.14 bits per heavy atom. The van der Waals surface area contributed by atoms with Gasteiger partial charge in [0.2, 0.25) is 5.50 Å². The van der Waals surface area contributed by atoms with E-state index in [1.807, 2.05) is 60.7 Å². The van der Waals surface area contributed by atoms with Gasteiger partial charge in [0.1, 0.15) is 35.4 Å². The number of alkyl halides is 1. The molecule has 6 nitrogen and oxygen atoms in total. The van der Waals surface area contributed by atoms with Crippen molar-refractivity contribution in [3.63, 3.8) is 0 Å². The predicted molar refractivity (Wildman–Crippen MR) is 107 cm³/mol. The van der Waals surface area contributed by atoms with Crippen LogP contribution in [0.3, 0.4) is 0 Å². The summed E-state index contributed by atoms with van der Waals surface area (Å²) in [5, 5.41) is -0.568. The minimum absolute atomic E-state index is 0.108. The Morgan fingerprint density at radius 2 is 1.82 bits per heavy atom. The van der Waals surface area contributed by atoms with E-state index in [2.05, 4.69) is 4.99 Å². The Hall–Kier alpha value is -2.51. The zero-order valence-corrected chi connectivity index (χ0v) is 16.3. The SMILES string of the molecule is O=C(OCc1ccccc1)C(Cl)N1C(=O)C2=NC(COc3ccccc3)SC21. The number of carbonyl (C=O) groups is 2. The molecule has 0 N–H and O–H groups in total. The molecule has 2 aliphatic heterocycles. The van der Waals surface area contributed by atoms with Gasteiger partial charge in [0.15, 0.2) is 0 Å². The van der Waals surface area contributed by atoms with Crippen LogP contribution in [0.4, 0.5) is 0 Å². The molecule has 0 aromatic heterocycles. The van der Waals surface area contributed by atoms with Crippen LogP contribution in [0.15, 0.2) is 65.7 Å². The summed E-state index contributed by atoms with van der Waals surface area (Å²) in [7, 11) is 0. The third kappa shape index (κ3) is 3.86. The van der Waals surface area contributed by atoms with Gasteiger partial charge in [0, 0.05) is 0 Å². The summed E-state index contributed by atoms with van der Waals surface area (Å²) in [6.45, 7) is 0.443. The van der Waals surface area contributed by atoms with Crippen LogP contribution in [0.2, 0.25) is 0 Å². The van der Waals surface area contributed by atoms with Crippen LogP contribution in [-0.2, 0) is 20.9 Å². The number of amides is 1. The Bertz CT molecular complexity index is 894. The number of likely N-dealkylation sites (tertiary alicyclic amines) is 1. The molecule has 2 aromatic carbocycles. The number of hydrogen-bond acceptors (Lipinski definition) is 6. The monoisotopic (exact) mass is 416 g/mol. The molecule has 0 radical (unpaired) electrons. The molecular weight excluding hydrogens is 400 g/mol. The third-order valence-corrected chi connectivity index (χ3v) is 5.96. The van der Waals surface area contributed by atoms with Crippen molar-refractivity contribution >= 4 is 41.0 Å². The van der Waals surface area contributed by atoms with E-state index in [0.717, 1.165) is 11.3 Å². The minimum Gasteiger partial charge on any atom is -0.490 e. The molecule has 28 heavy (non-hydrogen) atoms. The second-order valence-electron chi connectivity index (χ2n) is 6.22. The van der Waals surface area contributed by atoms with Crippen molar-refractivity contribution < 1.29 is 19.1 Å². The number of esters is 1.